The number of aromatic nitrogens is 3. The van der Waals surface area contributed by atoms with Crippen LogP contribution in [-0.4, -0.2) is 27.9 Å². The number of carbonyl (C=O) groups excluding carboxylic acids is 1. The summed E-state index contributed by atoms with van der Waals surface area (Å²) in [5, 5.41) is 9.57. The van der Waals surface area contributed by atoms with Gasteiger partial charge in [0.25, 0.3) is 5.91 Å². The summed E-state index contributed by atoms with van der Waals surface area (Å²) in [6, 6.07) is 8.55. The van der Waals surface area contributed by atoms with Crippen LogP contribution >= 0.6 is 0 Å². The monoisotopic (exact) mass is 312 g/mol. The molecule has 2 aromatic heterocycles. The van der Waals surface area contributed by atoms with Crippen LogP contribution in [0.25, 0.3) is 11.6 Å². The fourth-order valence-corrected chi connectivity index (χ4v) is 2.19. The number of nitrogens with zero attached hydrogens (tertiary/aromatic N) is 2. The van der Waals surface area contributed by atoms with E-state index in [1.165, 1.54) is 0 Å². The molecule has 1 aliphatic heterocycles. The zero-order valence-electron chi connectivity index (χ0n) is 11.9. The van der Waals surface area contributed by atoms with Crippen LogP contribution in [0.2, 0.25) is 0 Å². The molecule has 0 fully saturated rings. The Morgan fingerprint density at radius 3 is 3.04 bits per heavy atom. The molecule has 1 aliphatic rings. The zero-order chi connectivity index (χ0) is 15.6. The normalized spacial score (nSPS) is 12.3. The highest BCUT2D eigenvalue weighted by Gasteiger charge is 2.16. The summed E-state index contributed by atoms with van der Waals surface area (Å²) in [5.41, 5.74) is 0.486. The number of rotatable bonds is 4. The van der Waals surface area contributed by atoms with Crippen LogP contribution in [0, 0.1) is 0 Å². The average molecular weight is 312 g/mol. The molecule has 8 nitrogen and oxygen atoms in total. The van der Waals surface area contributed by atoms with E-state index in [9.17, 15) is 4.79 Å². The van der Waals surface area contributed by atoms with Gasteiger partial charge in [-0.1, -0.05) is 0 Å². The van der Waals surface area contributed by atoms with Crippen molar-refractivity contribution in [3.05, 3.63) is 48.0 Å². The number of hydrogen-bond donors (Lipinski definition) is 2. The summed E-state index contributed by atoms with van der Waals surface area (Å²) >= 11 is 0. The van der Waals surface area contributed by atoms with Crippen LogP contribution in [0.5, 0.6) is 11.5 Å². The van der Waals surface area contributed by atoms with Crippen LogP contribution in [0.4, 0.5) is 0 Å². The van der Waals surface area contributed by atoms with E-state index in [1.807, 2.05) is 0 Å². The maximum atomic E-state index is 12.2. The van der Waals surface area contributed by atoms with Gasteiger partial charge in [0.05, 0.1) is 12.8 Å². The first-order valence-electron chi connectivity index (χ1n) is 6.92. The van der Waals surface area contributed by atoms with Crippen LogP contribution < -0.4 is 14.8 Å². The SMILES string of the molecule is O=C(NCc1nc(-c2ccco2)n[nH]1)c1ccc2c(c1)OCO2. The van der Waals surface area contributed by atoms with Crippen molar-refractivity contribution in [2.24, 2.45) is 0 Å². The Balaban J connectivity index is 1.42. The molecule has 4 rings (SSSR count). The van der Waals surface area contributed by atoms with Gasteiger partial charge in [0.15, 0.2) is 17.3 Å². The van der Waals surface area contributed by atoms with Crippen molar-refractivity contribution in [1.29, 1.82) is 0 Å². The molecule has 8 heteroatoms. The van der Waals surface area contributed by atoms with Gasteiger partial charge in [-0.15, -0.1) is 5.10 Å². The topological polar surface area (TPSA) is 102 Å². The predicted octanol–water partition coefficient (Wildman–Crippen LogP) is 1.72. The summed E-state index contributed by atoms with van der Waals surface area (Å²) in [5.74, 6) is 2.51. The number of benzene rings is 1. The second-order valence-corrected chi connectivity index (χ2v) is 4.83. The number of aromatic amines is 1. The molecule has 2 N–H and O–H groups in total. The fourth-order valence-electron chi connectivity index (χ4n) is 2.19. The molecule has 116 valence electrons. The van der Waals surface area contributed by atoms with Crippen LogP contribution in [0.3, 0.4) is 0 Å². The van der Waals surface area contributed by atoms with E-state index >= 15 is 0 Å². The van der Waals surface area contributed by atoms with Crippen molar-refractivity contribution in [2.45, 2.75) is 6.54 Å². The third kappa shape index (κ3) is 2.61. The van der Waals surface area contributed by atoms with Gasteiger partial charge in [-0.05, 0) is 30.3 Å². The van der Waals surface area contributed by atoms with Gasteiger partial charge in [0, 0.05) is 5.56 Å². The van der Waals surface area contributed by atoms with Gasteiger partial charge >= 0.3 is 0 Å². The predicted molar refractivity (Wildman–Crippen MR) is 77.8 cm³/mol. The second-order valence-electron chi connectivity index (χ2n) is 4.83. The molecule has 0 bridgehead atoms. The van der Waals surface area contributed by atoms with E-state index in [-0.39, 0.29) is 19.2 Å². The van der Waals surface area contributed by atoms with Crippen LogP contribution in [-0.2, 0) is 6.54 Å². The summed E-state index contributed by atoms with van der Waals surface area (Å²) in [4.78, 5) is 16.4. The smallest absolute Gasteiger partial charge is 0.251 e. The molecule has 0 atom stereocenters. The Morgan fingerprint density at radius 2 is 2.17 bits per heavy atom. The van der Waals surface area contributed by atoms with Gasteiger partial charge < -0.3 is 19.2 Å². The first kappa shape index (κ1) is 13.4. The molecule has 1 aromatic carbocycles. The van der Waals surface area contributed by atoms with Crippen molar-refractivity contribution in [1.82, 2.24) is 20.5 Å². The van der Waals surface area contributed by atoms with Crippen molar-refractivity contribution >= 4 is 5.91 Å². The Hall–Kier alpha value is -3.29. The summed E-state index contributed by atoms with van der Waals surface area (Å²) in [7, 11) is 0. The number of fused-ring (bicyclic) bond motifs is 1. The lowest BCUT2D eigenvalue weighted by Crippen LogP contribution is -2.23. The number of carbonyl (C=O) groups is 1. The van der Waals surface area contributed by atoms with Crippen molar-refractivity contribution in [3.8, 4) is 23.1 Å². The highest BCUT2D eigenvalue weighted by atomic mass is 16.7. The summed E-state index contributed by atoms with van der Waals surface area (Å²) < 4.78 is 15.7. The Morgan fingerprint density at radius 1 is 1.26 bits per heavy atom. The third-order valence-electron chi connectivity index (χ3n) is 3.32. The van der Waals surface area contributed by atoms with Gasteiger partial charge in [0.1, 0.15) is 5.82 Å². The summed E-state index contributed by atoms with van der Waals surface area (Å²) in [6.45, 7) is 0.398. The van der Waals surface area contributed by atoms with Crippen molar-refractivity contribution < 1.29 is 18.7 Å². The van der Waals surface area contributed by atoms with Crippen molar-refractivity contribution in [2.75, 3.05) is 6.79 Å². The maximum absolute atomic E-state index is 12.2. The number of furan rings is 1. The third-order valence-corrected chi connectivity index (χ3v) is 3.32. The molecule has 0 radical (unpaired) electrons. The minimum atomic E-state index is -0.237. The van der Waals surface area contributed by atoms with Crippen molar-refractivity contribution in [3.63, 3.8) is 0 Å². The Kier molecular flexibility index (Phi) is 3.19. The second kappa shape index (κ2) is 5.48. The van der Waals surface area contributed by atoms with Crippen LogP contribution in [0.1, 0.15) is 16.2 Å². The van der Waals surface area contributed by atoms with Gasteiger partial charge in [-0.3, -0.25) is 9.89 Å². The van der Waals surface area contributed by atoms with E-state index in [0.717, 1.165) is 0 Å². The van der Waals surface area contributed by atoms with Gasteiger partial charge in [0.2, 0.25) is 12.6 Å². The average Bonchev–Trinajstić information content (AvgIpc) is 3.32. The molecule has 3 aromatic rings. The quantitative estimate of drug-likeness (QED) is 0.760. The molecule has 3 heterocycles. The fraction of sp³-hybridized carbons (Fsp3) is 0.133. The Bertz CT molecular complexity index is 841. The summed E-state index contributed by atoms with van der Waals surface area (Å²) in [6.07, 6.45) is 1.55. The number of H-pyrrole nitrogens is 1. The molecule has 23 heavy (non-hydrogen) atoms. The molecule has 0 saturated heterocycles. The number of amides is 1. The number of ether oxygens (including phenoxy) is 2. The van der Waals surface area contributed by atoms with E-state index in [0.29, 0.717) is 34.5 Å². The first-order valence-corrected chi connectivity index (χ1v) is 6.92. The lowest BCUT2D eigenvalue weighted by atomic mass is 10.2. The first-order chi connectivity index (χ1) is 11.3. The zero-order valence-corrected chi connectivity index (χ0v) is 11.9. The highest BCUT2D eigenvalue weighted by Crippen LogP contribution is 2.32. The molecular formula is C15H12N4O4. The number of nitrogens with one attached hydrogen (secondary N) is 2. The standard InChI is InChI=1S/C15H12N4O4/c20-15(9-3-4-10-12(6-9)23-8-22-10)16-7-13-17-14(19-18-13)11-2-1-5-21-11/h1-6H,7-8H2,(H,16,20)(H,17,18,19). The molecule has 0 spiro atoms. The van der Waals surface area contributed by atoms with E-state index in [1.54, 1.807) is 36.6 Å². The van der Waals surface area contributed by atoms with Gasteiger partial charge in [-0.2, -0.15) is 0 Å². The molecule has 0 saturated carbocycles. The molecule has 0 unspecified atom stereocenters. The van der Waals surface area contributed by atoms with Gasteiger partial charge in [-0.25, -0.2) is 4.98 Å². The molecule has 1 amide bonds. The number of hydrogen-bond acceptors (Lipinski definition) is 6. The minimum Gasteiger partial charge on any atom is -0.461 e. The van der Waals surface area contributed by atoms with E-state index in [4.69, 9.17) is 13.9 Å². The maximum Gasteiger partial charge on any atom is 0.251 e. The van der Waals surface area contributed by atoms with E-state index in [2.05, 4.69) is 20.5 Å². The lowest BCUT2D eigenvalue weighted by molar-refractivity contribution is 0.0949. The Labute approximate surface area is 130 Å². The minimum absolute atomic E-state index is 0.175. The lowest BCUT2D eigenvalue weighted by Gasteiger charge is -2.04. The molecule has 0 aliphatic carbocycles. The van der Waals surface area contributed by atoms with Crippen LogP contribution in [0.15, 0.2) is 41.0 Å². The van der Waals surface area contributed by atoms with E-state index < -0.39 is 0 Å². The highest BCUT2D eigenvalue weighted by molar-refractivity contribution is 5.94. The molecular weight excluding hydrogens is 300 g/mol. The largest absolute Gasteiger partial charge is 0.461 e.